The zero-order valence-corrected chi connectivity index (χ0v) is 8.21. The molecule has 0 saturated carbocycles. The smallest absolute Gasteiger partial charge is 0.250 e. The third-order valence-electron chi connectivity index (χ3n) is 1.90. The summed E-state index contributed by atoms with van der Waals surface area (Å²) in [6.07, 6.45) is 2.95. The van der Waals surface area contributed by atoms with Gasteiger partial charge in [0.05, 0.1) is 5.69 Å². The fourth-order valence-corrected chi connectivity index (χ4v) is 1.15. The second-order valence-electron chi connectivity index (χ2n) is 2.97. The van der Waals surface area contributed by atoms with Crippen molar-refractivity contribution in [2.45, 2.75) is 26.8 Å². The quantitative estimate of drug-likeness (QED) is 0.765. The van der Waals surface area contributed by atoms with Gasteiger partial charge < -0.3 is 9.88 Å². The molecular formula is C10H16N2O. The van der Waals surface area contributed by atoms with E-state index in [0.717, 1.165) is 25.2 Å². The van der Waals surface area contributed by atoms with E-state index < -0.39 is 0 Å². The monoisotopic (exact) mass is 180 g/mol. The van der Waals surface area contributed by atoms with E-state index in [1.165, 1.54) is 0 Å². The number of rotatable bonds is 4. The van der Waals surface area contributed by atoms with Gasteiger partial charge in [-0.2, -0.15) is 0 Å². The van der Waals surface area contributed by atoms with Crippen LogP contribution in [0.2, 0.25) is 0 Å². The normalized spacial score (nSPS) is 10.0. The van der Waals surface area contributed by atoms with Gasteiger partial charge in [0.15, 0.2) is 0 Å². The highest BCUT2D eigenvalue weighted by molar-refractivity contribution is 5.39. The molecule has 1 aromatic heterocycles. The maximum Gasteiger partial charge on any atom is 0.250 e. The van der Waals surface area contributed by atoms with E-state index in [1.807, 2.05) is 19.2 Å². The van der Waals surface area contributed by atoms with Crippen molar-refractivity contribution in [2.75, 3.05) is 11.9 Å². The highest BCUT2D eigenvalue weighted by Crippen LogP contribution is 2.02. The molecular weight excluding hydrogens is 164 g/mol. The largest absolute Gasteiger partial charge is 0.384 e. The zero-order valence-electron chi connectivity index (χ0n) is 8.21. The third kappa shape index (κ3) is 2.61. The van der Waals surface area contributed by atoms with Gasteiger partial charge in [0, 0.05) is 25.4 Å². The van der Waals surface area contributed by atoms with E-state index in [1.54, 1.807) is 10.6 Å². The van der Waals surface area contributed by atoms with Gasteiger partial charge in [0.25, 0.3) is 5.56 Å². The summed E-state index contributed by atoms with van der Waals surface area (Å²) < 4.78 is 1.69. The van der Waals surface area contributed by atoms with Crippen LogP contribution in [0.3, 0.4) is 0 Å². The Balaban J connectivity index is 2.80. The van der Waals surface area contributed by atoms with Crippen molar-refractivity contribution in [1.82, 2.24) is 4.57 Å². The van der Waals surface area contributed by atoms with Crippen LogP contribution in [-0.2, 0) is 6.54 Å². The predicted octanol–water partition coefficient (Wildman–Crippen LogP) is 1.69. The SMILES string of the molecule is CCCNc1ccc(=O)n(CC)c1. The molecule has 13 heavy (non-hydrogen) atoms. The van der Waals surface area contributed by atoms with Gasteiger partial charge in [0.1, 0.15) is 0 Å². The van der Waals surface area contributed by atoms with Gasteiger partial charge in [-0.05, 0) is 19.4 Å². The third-order valence-corrected chi connectivity index (χ3v) is 1.90. The molecule has 0 bridgehead atoms. The molecule has 72 valence electrons. The van der Waals surface area contributed by atoms with Crippen molar-refractivity contribution in [2.24, 2.45) is 0 Å². The molecule has 0 aliphatic heterocycles. The molecule has 0 amide bonds. The minimum absolute atomic E-state index is 0.0598. The summed E-state index contributed by atoms with van der Waals surface area (Å²) in [6, 6.07) is 3.42. The lowest BCUT2D eigenvalue weighted by Gasteiger charge is -2.07. The van der Waals surface area contributed by atoms with Crippen LogP contribution in [0, 0.1) is 0 Å². The zero-order chi connectivity index (χ0) is 9.68. The van der Waals surface area contributed by atoms with Crippen LogP contribution < -0.4 is 10.9 Å². The summed E-state index contributed by atoms with van der Waals surface area (Å²) in [5, 5.41) is 3.24. The van der Waals surface area contributed by atoms with Crippen LogP contribution in [0.15, 0.2) is 23.1 Å². The second-order valence-corrected chi connectivity index (χ2v) is 2.97. The molecule has 0 saturated heterocycles. The van der Waals surface area contributed by atoms with Crippen molar-refractivity contribution in [3.05, 3.63) is 28.7 Å². The molecule has 0 fully saturated rings. The van der Waals surface area contributed by atoms with Crippen molar-refractivity contribution in [3.8, 4) is 0 Å². The molecule has 1 heterocycles. The predicted molar refractivity (Wildman–Crippen MR) is 55.2 cm³/mol. The minimum Gasteiger partial charge on any atom is -0.384 e. The van der Waals surface area contributed by atoms with Crippen molar-refractivity contribution < 1.29 is 0 Å². The molecule has 3 heteroatoms. The van der Waals surface area contributed by atoms with Crippen LogP contribution in [0.5, 0.6) is 0 Å². The summed E-state index contributed by atoms with van der Waals surface area (Å²) >= 11 is 0. The fourth-order valence-electron chi connectivity index (χ4n) is 1.15. The Hall–Kier alpha value is -1.25. The van der Waals surface area contributed by atoms with Crippen LogP contribution in [0.4, 0.5) is 5.69 Å². The molecule has 0 aromatic carbocycles. The maximum atomic E-state index is 11.2. The second kappa shape index (κ2) is 4.70. The minimum atomic E-state index is 0.0598. The summed E-state index contributed by atoms with van der Waals surface area (Å²) in [4.78, 5) is 11.2. The Morgan fingerprint density at radius 1 is 1.38 bits per heavy atom. The van der Waals surface area contributed by atoms with Crippen molar-refractivity contribution >= 4 is 5.69 Å². The Bertz CT molecular complexity index is 317. The van der Waals surface area contributed by atoms with Gasteiger partial charge >= 0.3 is 0 Å². The number of anilines is 1. The summed E-state index contributed by atoms with van der Waals surface area (Å²) in [5.74, 6) is 0. The van der Waals surface area contributed by atoms with Crippen LogP contribution >= 0.6 is 0 Å². The van der Waals surface area contributed by atoms with E-state index in [-0.39, 0.29) is 5.56 Å². The first-order chi connectivity index (χ1) is 6.27. The van der Waals surface area contributed by atoms with Gasteiger partial charge in [0.2, 0.25) is 0 Å². The Morgan fingerprint density at radius 3 is 2.77 bits per heavy atom. The number of nitrogens with one attached hydrogen (secondary N) is 1. The van der Waals surface area contributed by atoms with E-state index in [2.05, 4.69) is 12.2 Å². The molecule has 0 atom stereocenters. The van der Waals surface area contributed by atoms with E-state index >= 15 is 0 Å². The molecule has 0 spiro atoms. The molecule has 1 rings (SSSR count). The van der Waals surface area contributed by atoms with Gasteiger partial charge in [-0.3, -0.25) is 4.79 Å². The number of hydrogen-bond donors (Lipinski definition) is 1. The Labute approximate surface area is 78.4 Å². The van der Waals surface area contributed by atoms with E-state index in [0.29, 0.717) is 0 Å². The molecule has 0 radical (unpaired) electrons. The van der Waals surface area contributed by atoms with Gasteiger partial charge in [-0.25, -0.2) is 0 Å². The number of nitrogens with zero attached hydrogens (tertiary/aromatic N) is 1. The van der Waals surface area contributed by atoms with Crippen LogP contribution in [0.25, 0.3) is 0 Å². The van der Waals surface area contributed by atoms with Crippen LogP contribution in [-0.4, -0.2) is 11.1 Å². The number of hydrogen-bond acceptors (Lipinski definition) is 2. The average molecular weight is 180 g/mol. The number of aromatic nitrogens is 1. The first kappa shape index (κ1) is 9.84. The molecule has 0 unspecified atom stereocenters. The lowest BCUT2D eigenvalue weighted by atomic mass is 10.4. The molecule has 1 N–H and O–H groups in total. The lowest BCUT2D eigenvalue weighted by molar-refractivity contribution is 0.727. The van der Waals surface area contributed by atoms with Crippen molar-refractivity contribution in [1.29, 1.82) is 0 Å². The maximum absolute atomic E-state index is 11.2. The topological polar surface area (TPSA) is 34.0 Å². The number of aryl methyl sites for hydroxylation is 1. The van der Waals surface area contributed by atoms with Crippen molar-refractivity contribution in [3.63, 3.8) is 0 Å². The fraction of sp³-hybridized carbons (Fsp3) is 0.500. The first-order valence-electron chi connectivity index (χ1n) is 4.72. The molecule has 3 nitrogen and oxygen atoms in total. The van der Waals surface area contributed by atoms with E-state index in [4.69, 9.17) is 0 Å². The Kier molecular flexibility index (Phi) is 3.55. The summed E-state index contributed by atoms with van der Waals surface area (Å²) in [5.41, 5.74) is 1.08. The Morgan fingerprint density at radius 2 is 2.15 bits per heavy atom. The average Bonchev–Trinajstić information content (AvgIpc) is 2.16. The van der Waals surface area contributed by atoms with Gasteiger partial charge in [-0.15, -0.1) is 0 Å². The highest BCUT2D eigenvalue weighted by Gasteiger charge is 1.94. The van der Waals surface area contributed by atoms with Crippen LogP contribution in [0.1, 0.15) is 20.3 Å². The molecule has 1 aromatic rings. The lowest BCUT2D eigenvalue weighted by Crippen LogP contribution is -2.18. The highest BCUT2D eigenvalue weighted by atomic mass is 16.1. The van der Waals surface area contributed by atoms with E-state index in [9.17, 15) is 4.79 Å². The summed E-state index contributed by atoms with van der Waals surface area (Å²) in [6.45, 7) is 5.75. The molecule has 0 aliphatic carbocycles. The van der Waals surface area contributed by atoms with Gasteiger partial charge in [-0.1, -0.05) is 6.92 Å². The standard InChI is InChI=1S/C10H16N2O/c1-3-7-11-9-5-6-10(13)12(4-2)8-9/h5-6,8,11H,3-4,7H2,1-2H3. The number of pyridine rings is 1. The molecule has 0 aliphatic rings. The first-order valence-corrected chi connectivity index (χ1v) is 4.72. The summed E-state index contributed by atoms with van der Waals surface area (Å²) in [7, 11) is 0.